The Morgan fingerprint density at radius 3 is 2.81 bits per heavy atom. The van der Waals surface area contributed by atoms with E-state index in [-0.39, 0.29) is 11.9 Å². The summed E-state index contributed by atoms with van der Waals surface area (Å²) in [7, 11) is 0. The molecule has 1 amide bonds. The third-order valence-corrected chi connectivity index (χ3v) is 4.79. The highest BCUT2D eigenvalue weighted by molar-refractivity contribution is 7.10. The molecule has 2 heterocycles. The lowest BCUT2D eigenvalue weighted by atomic mass is 10.1. The predicted molar refractivity (Wildman–Crippen MR) is 86.2 cm³/mol. The first-order chi connectivity index (χ1) is 10.1. The van der Waals surface area contributed by atoms with Crippen LogP contribution in [0, 0.1) is 6.92 Å². The SMILES string of the molecule is Cc1c(C(=O)NC(C)c2cccs2)oc2c(Cl)cccc12. The van der Waals surface area contributed by atoms with Gasteiger partial charge in [-0.2, -0.15) is 0 Å². The molecule has 1 atom stereocenters. The molecule has 0 radical (unpaired) electrons. The summed E-state index contributed by atoms with van der Waals surface area (Å²) in [4.78, 5) is 13.5. The third-order valence-electron chi connectivity index (χ3n) is 3.44. The minimum Gasteiger partial charge on any atom is -0.449 e. The molecule has 0 aliphatic rings. The molecule has 0 saturated carbocycles. The molecule has 0 aliphatic heterocycles. The molecular formula is C16H14ClNO2S. The van der Waals surface area contributed by atoms with Crippen LogP contribution in [0.2, 0.25) is 5.02 Å². The average Bonchev–Trinajstić information content (AvgIpc) is 3.08. The second-order valence-electron chi connectivity index (χ2n) is 4.88. The summed E-state index contributed by atoms with van der Waals surface area (Å²) >= 11 is 7.72. The molecule has 0 saturated heterocycles. The summed E-state index contributed by atoms with van der Waals surface area (Å²) in [5.74, 6) is 0.0992. The van der Waals surface area contributed by atoms with E-state index < -0.39 is 0 Å². The number of benzene rings is 1. The number of rotatable bonds is 3. The highest BCUT2D eigenvalue weighted by Gasteiger charge is 2.20. The van der Waals surface area contributed by atoms with Crippen molar-refractivity contribution in [2.24, 2.45) is 0 Å². The van der Waals surface area contributed by atoms with Crippen LogP contribution in [0.15, 0.2) is 40.1 Å². The Kier molecular flexibility index (Phi) is 3.74. The maximum Gasteiger partial charge on any atom is 0.287 e. The molecule has 0 spiro atoms. The van der Waals surface area contributed by atoms with Gasteiger partial charge in [0.05, 0.1) is 11.1 Å². The number of thiophene rings is 1. The van der Waals surface area contributed by atoms with Crippen molar-refractivity contribution in [3.05, 3.63) is 56.9 Å². The predicted octanol–water partition coefficient (Wildman–Crippen LogP) is 4.95. The lowest BCUT2D eigenvalue weighted by Gasteiger charge is -2.11. The third kappa shape index (κ3) is 2.57. The van der Waals surface area contributed by atoms with Crippen molar-refractivity contribution in [1.82, 2.24) is 5.32 Å². The molecule has 3 rings (SSSR count). The molecule has 108 valence electrons. The molecule has 1 unspecified atom stereocenters. The van der Waals surface area contributed by atoms with Crippen LogP contribution in [-0.4, -0.2) is 5.91 Å². The minimum absolute atomic E-state index is 0.0550. The van der Waals surface area contributed by atoms with E-state index in [1.807, 2.05) is 43.5 Å². The van der Waals surface area contributed by atoms with Gasteiger partial charge in [0.15, 0.2) is 11.3 Å². The summed E-state index contributed by atoms with van der Waals surface area (Å²) in [6.07, 6.45) is 0. The van der Waals surface area contributed by atoms with Gasteiger partial charge in [0.2, 0.25) is 0 Å². The van der Waals surface area contributed by atoms with Crippen LogP contribution in [0.5, 0.6) is 0 Å². The summed E-state index contributed by atoms with van der Waals surface area (Å²) in [5, 5.41) is 6.33. The molecule has 0 fully saturated rings. The van der Waals surface area contributed by atoms with Crippen LogP contribution < -0.4 is 5.32 Å². The van der Waals surface area contributed by atoms with Crippen LogP contribution in [0.25, 0.3) is 11.0 Å². The topological polar surface area (TPSA) is 42.2 Å². The lowest BCUT2D eigenvalue weighted by molar-refractivity contribution is 0.0914. The Bertz CT molecular complexity index is 792. The quantitative estimate of drug-likeness (QED) is 0.742. The number of carbonyl (C=O) groups is 1. The number of carbonyl (C=O) groups excluding carboxylic acids is 1. The molecule has 3 nitrogen and oxygen atoms in total. The van der Waals surface area contributed by atoms with E-state index in [1.165, 1.54) is 0 Å². The number of aryl methyl sites for hydroxylation is 1. The first-order valence-electron chi connectivity index (χ1n) is 6.60. The number of nitrogens with one attached hydrogen (secondary N) is 1. The van der Waals surface area contributed by atoms with E-state index in [4.69, 9.17) is 16.0 Å². The van der Waals surface area contributed by atoms with E-state index in [1.54, 1.807) is 17.4 Å². The number of amides is 1. The van der Waals surface area contributed by atoms with Crippen LogP contribution >= 0.6 is 22.9 Å². The van der Waals surface area contributed by atoms with E-state index in [2.05, 4.69) is 5.32 Å². The maximum atomic E-state index is 12.4. The number of furan rings is 1. The first-order valence-corrected chi connectivity index (χ1v) is 7.85. The minimum atomic E-state index is -0.222. The van der Waals surface area contributed by atoms with Crippen molar-refractivity contribution < 1.29 is 9.21 Å². The van der Waals surface area contributed by atoms with Gasteiger partial charge in [-0.1, -0.05) is 29.8 Å². The van der Waals surface area contributed by atoms with Gasteiger partial charge in [0.25, 0.3) is 5.91 Å². The fourth-order valence-electron chi connectivity index (χ4n) is 2.30. The number of fused-ring (bicyclic) bond motifs is 1. The van der Waals surface area contributed by atoms with Gasteiger partial charge < -0.3 is 9.73 Å². The van der Waals surface area contributed by atoms with Crippen molar-refractivity contribution in [3.63, 3.8) is 0 Å². The molecule has 5 heteroatoms. The van der Waals surface area contributed by atoms with Gasteiger partial charge in [-0.25, -0.2) is 0 Å². The van der Waals surface area contributed by atoms with E-state index in [9.17, 15) is 4.79 Å². The Hall–Kier alpha value is -1.78. The molecule has 0 aliphatic carbocycles. The fraction of sp³-hybridized carbons (Fsp3) is 0.188. The highest BCUT2D eigenvalue weighted by atomic mass is 35.5. The molecule has 1 aromatic carbocycles. The Balaban J connectivity index is 1.91. The smallest absolute Gasteiger partial charge is 0.287 e. The van der Waals surface area contributed by atoms with Crippen LogP contribution in [-0.2, 0) is 0 Å². The average molecular weight is 320 g/mol. The maximum absolute atomic E-state index is 12.4. The van der Waals surface area contributed by atoms with Gasteiger partial charge in [0, 0.05) is 15.8 Å². The zero-order valence-electron chi connectivity index (χ0n) is 11.6. The van der Waals surface area contributed by atoms with Crippen molar-refractivity contribution >= 4 is 39.8 Å². The van der Waals surface area contributed by atoms with E-state index in [0.717, 1.165) is 15.8 Å². The number of para-hydroxylation sites is 1. The van der Waals surface area contributed by atoms with Crippen molar-refractivity contribution in [3.8, 4) is 0 Å². The van der Waals surface area contributed by atoms with Crippen molar-refractivity contribution in [2.75, 3.05) is 0 Å². The van der Waals surface area contributed by atoms with E-state index in [0.29, 0.717) is 16.4 Å². The Labute approximate surface area is 131 Å². The number of hydrogen-bond donors (Lipinski definition) is 1. The molecule has 1 N–H and O–H groups in total. The zero-order chi connectivity index (χ0) is 15.0. The molecular weight excluding hydrogens is 306 g/mol. The largest absolute Gasteiger partial charge is 0.449 e. The molecule has 2 aromatic heterocycles. The van der Waals surface area contributed by atoms with Crippen LogP contribution in [0.1, 0.15) is 34.0 Å². The second-order valence-corrected chi connectivity index (χ2v) is 6.27. The van der Waals surface area contributed by atoms with E-state index >= 15 is 0 Å². The van der Waals surface area contributed by atoms with Crippen molar-refractivity contribution in [1.29, 1.82) is 0 Å². The summed E-state index contributed by atoms with van der Waals surface area (Å²) in [5.41, 5.74) is 1.37. The Morgan fingerprint density at radius 2 is 2.14 bits per heavy atom. The van der Waals surface area contributed by atoms with Gasteiger partial charge in [-0.15, -0.1) is 11.3 Å². The standard InChI is InChI=1S/C16H14ClNO2S/c1-9-11-5-3-6-12(17)15(11)20-14(9)16(19)18-10(2)13-7-4-8-21-13/h3-8,10H,1-2H3,(H,18,19). The van der Waals surface area contributed by atoms with Crippen LogP contribution in [0.3, 0.4) is 0 Å². The van der Waals surface area contributed by atoms with Gasteiger partial charge in [0.1, 0.15) is 0 Å². The summed E-state index contributed by atoms with van der Waals surface area (Å²) in [6, 6.07) is 9.42. The van der Waals surface area contributed by atoms with Gasteiger partial charge >= 0.3 is 0 Å². The van der Waals surface area contributed by atoms with Crippen LogP contribution in [0.4, 0.5) is 0 Å². The molecule has 21 heavy (non-hydrogen) atoms. The summed E-state index contributed by atoms with van der Waals surface area (Å²) in [6.45, 7) is 3.82. The monoisotopic (exact) mass is 319 g/mol. The fourth-order valence-corrected chi connectivity index (χ4v) is 3.24. The van der Waals surface area contributed by atoms with Gasteiger partial charge in [-0.3, -0.25) is 4.79 Å². The first kappa shape index (κ1) is 14.2. The normalized spacial score (nSPS) is 12.5. The van der Waals surface area contributed by atoms with Gasteiger partial charge in [-0.05, 0) is 31.4 Å². The Morgan fingerprint density at radius 1 is 1.33 bits per heavy atom. The molecule has 3 aromatic rings. The zero-order valence-corrected chi connectivity index (χ0v) is 13.2. The summed E-state index contributed by atoms with van der Waals surface area (Å²) < 4.78 is 5.67. The number of halogens is 1. The number of hydrogen-bond acceptors (Lipinski definition) is 3. The van der Waals surface area contributed by atoms with Crippen molar-refractivity contribution in [2.45, 2.75) is 19.9 Å². The second kappa shape index (κ2) is 5.54. The lowest BCUT2D eigenvalue weighted by Crippen LogP contribution is -2.26. The highest BCUT2D eigenvalue weighted by Crippen LogP contribution is 2.31. The molecule has 0 bridgehead atoms.